The number of ether oxygens (including phenoxy) is 2. The van der Waals surface area contributed by atoms with Crippen molar-refractivity contribution in [3.8, 4) is 11.5 Å². The minimum atomic E-state index is -0.622. The van der Waals surface area contributed by atoms with Gasteiger partial charge in [0.1, 0.15) is 30.0 Å². The smallest absolute Gasteiger partial charge is 0.138 e. The van der Waals surface area contributed by atoms with Gasteiger partial charge in [0, 0.05) is 0 Å². The van der Waals surface area contributed by atoms with E-state index in [9.17, 15) is 5.11 Å². The molecule has 5 nitrogen and oxygen atoms in total. The average molecular weight is 312 g/mol. The number of aliphatic hydroxyl groups is 1. The Kier molecular flexibility index (Phi) is 4.48. The van der Waals surface area contributed by atoms with Gasteiger partial charge in [-0.15, -0.1) is 0 Å². The first-order valence-corrected chi connectivity index (χ1v) is 7.59. The SMILES string of the molecule is COc1ccc(OCCn2c([C@@H](C)O)nc3ccccc32)cc1. The van der Waals surface area contributed by atoms with Crippen LogP contribution in [0, 0.1) is 0 Å². The number of hydrogen-bond acceptors (Lipinski definition) is 4. The molecule has 120 valence electrons. The van der Waals surface area contributed by atoms with E-state index in [1.54, 1.807) is 14.0 Å². The van der Waals surface area contributed by atoms with E-state index in [2.05, 4.69) is 4.98 Å². The van der Waals surface area contributed by atoms with E-state index in [0.717, 1.165) is 22.5 Å². The number of para-hydroxylation sites is 2. The van der Waals surface area contributed by atoms with Gasteiger partial charge in [-0.05, 0) is 43.3 Å². The third kappa shape index (κ3) is 3.29. The van der Waals surface area contributed by atoms with Crippen LogP contribution in [0.2, 0.25) is 0 Å². The average Bonchev–Trinajstić information content (AvgIpc) is 2.95. The summed E-state index contributed by atoms with van der Waals surface area (Å²) < 4.78 is 12.9. The van der Waals surface area contributed by atoms with Gasteiger partial charge < -0.3 is 19.1 Å². The largest absolute Gasteiger partial charge is 0.497 e. The molecule has 1 atom stereocenters. The zero-order chi connectivity index (χ0) is 16.2. The molecule has 0 saturated carbocycles. The lowest BCUT2D eigenvalue weighted by atomic mass is 10.3. The number of aliphatic hydroxyl groups excluding tert-OH is 1. The first-order chi connectivity index (χ1) is 11.2. The Hall–Kier alpha value is -2.53. The molecule has 0 amide bonds. The van der Waals surface area contributed by atoms with E-state index in [0.29, 0.717) is 19.0 Å². The Morgan fingerprint density at radius 1 is 1.09 bits per heavy atom. The van der Waals surface area contributed by atoms with Crippen molar-refractivity contribution in [3.05, 3.63) is 54.4 Å². The molecular weight excluding hydrogens is 292 g/mol. The summed E-state index contributed by atoms with van der Waals surface area (Å²) in [5.74, 6) is 2.24. The molecule has 0 radical (unpaired) electrons. The first-order valence-electron chi connectivity index (χ1n) is 7.59. The molecule has 5 heteroatoms. The van der Waals surface area contributed by atoms with Crippen LogP contribution in [0.4, 0.5) is 0 Å². The fourth-order valence-electron chi connectivity index (χ4n) is 2.57. The lowest BCUT2D eigenvalue weighted by molar-refractivity contribution is 0.181. The van der Waals surface area contributed by atoms with Crippen LogP contribution in [-0.2, 0) is 6.54 Å². The molecule has 1 heterocycles. The van der Waals surface area contributed by atoms with Crippen LogP contribution in [0.5, 0.6) is 11.5 Å². The molecule has 0 aliphatic rings. The number of benzene rings is 2. The van der Waals surface area contributed by atoms with Crippen LogP contribution in [0.15, 0.2) is 48.5 Å². The summed E-state index contributed by atoms with van der Waals surface area (Å²) in [5.41, 5.74) is 1.88. The van der Waals surface area contributed by atoms with E-state index in [-0.39, 0.29) is 0 Å². The highest BCUT2D eigenvalue weighted by Crippen LogP contribution is 2.21. The predicted octanol–water partition coefficient (Wildman–Crippen LogP) is 3.18. The molecule has 0 aliphatic heterocycles. The van der Waals surface area contributed by atoms with E-state index < -0.39 is 6.10 Å². The second-order valence-electron chi connectivity index (χ2n) is 5.31. The number of imidazole rings is 1. The summed E-state index contributed by atoms with van der Waals surface area (Å²) in [5, 5.41) is 9.94. The van der Waals surface area contributed by atoms with Gasteiger partial charge in [0.2, 0.25) is 0 Å². The first kappa shape index (κ1) is 15.4. The van der Waals surface area contributed by atoms with E-state index in [1.807, 2.05) is 53.1 Å². The number of nitrogens with zero attached hydrogens (tertiary/aromatic N) is 2. The molecule has 0 unspecified atom stereocenters. The van der Waals surface area contributed by atoms with Gasteiger partial charge in [-0.3, -0.25) is 0 Å². The maximum absolute atomic E-state index is 9.94. The lowest BCUT2D eigenvalue weighted by Crippen LogP contribution is -2.12. The van der Waals surface area contributed by atoms with E-state index in [1.165, 1.54) is 0 Å². The molecule has 0 fully saturated rings. The molecule has 0 spiro atoms. The third-order valence-corrected chi connectivity index (χ3v) is 3.70. The Bertz CT molecular complexity index is 779. The van der Waals surface area contributed by atoms with Crippen LogP contribution >= 0.6 is 0 Å². The summed E-state index contributed by atoms with van der Waals surface area (Å²) >= 11 is 0. The highest BCUT2D eigenvalue weighted by molar-refractivity contribution is 5.76. The highest BCUT2D eigenvalue weighted by atomic mass is 16.5. The number of rotatable bonds is 6. The maximum Gasteiger partial charge on any atom is 0.138 e. The van der Waals surface area contributed by atoms with Gasteiger partial charge >= 0.3 is 0 Å². The summed E-state index contributed by atoms with van der Waals surface area (Å²) in [4.78, 5) is 4.50. The van der Waals surface area contributed by atoms with Gasteiger partial charge in [-0.1, -0.05) is 12.1 Å². The van der Waals surface area contributed by atoms with E-state index in [4.69, 9.17) is 9.47 Å². The van der Waals surface area contributed by atoms with Crippen molar-refractivity contribution in [2.75, 3.05) is 13.7 Å². The molecule has 2 aromatic carbocycles. The second-order valence-corrected chi connectivity index (χ2v) is 5.31. The van der Waals surface area contributed by atoms with Gasteiger partial charge in [0.15, 0.2) is 0 Å². The summed E-state index contributed by atoms with van der Waals surface area (Å²) in [7, 11) is 1.64. The van der Waals surface area contributed by atoms with Crippen LogP contribution in [0.1, 0.15) is 18.9 Å². The minimum Gasteiger partial charge on any atom is -0.497 e. The van der Waals surface area contributed by atoms with Gasteiger partial charge in [0.05, 0.1) is 24.7 Å². The molecule has 1 aromatic heterocycles. The van der Waals surface area contributed by atoms with Gasteiger partial charge in [0.25, 0.3) is 0 Å². The van der Waals surface area contributed by atoms with Crippen LogP contribution in [-0.4, -0.2) is 28.4 Å². The van der Waals surface area contributed by atoms with Crippen molar-refractivity contribution < 1.29 is 14.6 Å². The molecule has 0 saturated heterocycles. The second kappa shape index (κ2) is 6.71. The summed E-state index contributed by atoms with van der Waals surface area (Å²) in [6.45, 7) is 2.83. The zero-order valence-electron chi connectivity index (χ0n) is 13.3. The maximum atomic E-state index is 9.94. The Balaban J connectivity index is 1.74. The fraction of sp³-hybridized carbons (Fsp3) is 0.278. The summed E-state index contributed by atoms with van der Waals surface area (Å²) in [6, 6.07) is 15.3. The summed E-state index contributed by atoms with van der Waals surface area (Å²) in [6.07, 6.45) is -0.622. The van der Waals surface area contributed by atoms with Crippen LogP contribution in [0.25, 0.3) is 11.0 Å². The van der Waals surface area contributed by atoms with Gasteiger partial charge in [-0.25, -0.2) is 4.98 Å². The molecule has 23 heavy (non-hydrogen) atoms. The molecule has 0 aliphatic carbocycles. The minimum absolute atomic E-state index is 0.492. The fourth-order valence-corrected chi connectivity index (χ4v) is 2.57. The normalized spacial score (nSPS) is 12.3. The van der Waals surface area contributed by atoms with Crippen LogP contribution in [0.3, 0.4) is 0 Å². The Morgan fingerprint density at radius 3 is 2.48 bits per heavy atom. The molecule has 1 N–H and O–H groups in total. The van der Waals surface area contributed by atoms with Crippen molar-refractivity contribution in [1.29, 1.82) is 0 Å². The van der Waals surface area contributed by atoms with Crippen molar-refractivity contribution in [2.24, 2.45) is 0 Å². The lowest BCUT2D eigenvalue weighted by Gasteiger charge is -2.12. The predicted molar refractivity (Wildman–Crippen MR) is 88.9 cm³/mol. The van der Waals surface area contributed by atoms with Gasteiger partial charge in [-0.2, -0.15) is 0 Å². The zero-order valence-corrected chi connectivity index (χ0v) is 13.3. The number of hydrogen-bond donors (Lipinski definition) is 1. The molecular formula is C18H20N2O3. The van der Waals surface area contributed by atoms with Crippen molar-refractivity contribution in [2.45, 2.75) is 19.6 Å². The highest BCUT2D eigenvalue weighted by Gasteiger charge is 2.14. The Labute approximate surface area is 135 Å². The standard InChI is InChI=1S/C18H20N2O3/c1-13(21)18-19-16-5-3-4-6-17(16)20(18)11-12-23-15-9-7-14(22-2)8-10-15/h3-10,13,21H,11-12H2,1-2H3/t13-/m1/s1. The Morgan fingerprint density at radius 2 is 1.78 bits per heavy atom. The quantitative estimate of drug-likeness (QED) is 0.759. The van der Waals surface area contributed by atoms with Crippen molar-refractivity contribution >= 4 is 11.0 Å². The van der Waals surface area contributed by atoms with E-state index >= 15 is 0 Å². The molecule has 3 aromatic rings. The molecule has 3 rings (SSSR count). The van der Waals surface area contributed by atoms with Crippen LogP contribution < -0.4 is 9.47 Å². The number of fused-ring (bicyclic) bond motifs is 1. The third-order valence-electron chi connectivity index (χ3n) is 3.70. The topological polar surface area (TPSA) is 56.5 Å². The van der Waals surface area contributed by atoms with Crippen molar-refractivity contribution in [3.63, 3.8) is 0 Å². The molecule has 0 bridgehead atoms. The monoisotopic (exact) mass is 312 g/mol. The number of methoxy groups -OCH3 is 1. The number of aromatic nitrogens is 2. The van der Waals surface area contributed by atoms with Crippen molar-refractivity contribution in [1.82, 2.24) is 9.55 Å².